The lowest BCUT2D eigenvalue weighted by Crippen LogP contribution is -2.17. The summed E-state index contributed by atoms with van der Waals surface area (Å²) < 4.78 is 7.60. The van der Waals surface area contributed by atoms with Crippen LogP contribution >= 0.6 is 0 Å². The van der Waals surface area contributed by atoms with Crippen molar-refractivity contribution < 1.29 is 4.74 Å². The number of rotatable bonds is 5. The molecular weight excluding hydrogens is 238 g/mol. The Labute approximate surface area is 114 Å². The van der Waals surface area contributed by atoms with Crippen LogP contribution in [0.2, 0.25) is 0 Å². The number of ether oxygens (including phenoxy) is 1. The Kier molecular flexibility index (Phi) is 4.22. The molecule has 0 bridgehead atoms. The molecule has 0 aliphatic heterocycles. The number of nitrogens with two attached hydrogens (primary N) is 1. The van der Waals surface area contributed by atoms with Crippen LogP contribution in [0.3, 0.4) is 0 Å². The first kappa shape index (κ1) is 13.6. The summed E-state index contributed by atoms with van der Waals surface area (Å²) in [7, 11) is 1.93. The first-order valence-electron chi connectivity index (χ1n) is 6.51. The van der Waals surface area contributed by atoms with Crippen LogP contribution in [0, 0.1) is 6.92 Å². The number of nitrogens with zero attached hydrogens (tertiary/aromatic N) is 2. The zero-order chi connectivity index (χ0) is 13.8. The lowest BCUT2D eigenvalue weighted by molar-refractivity contribution is 0.295. The minimum atomic E-state index is 0.184. The Morgan fingerprint density at radius 2 is 2.00 bits per heavy atom. The van der Waals surface area contributed by atoms with Crippen molar-refractivity contribution in [2.24, 2.45) is 12.8 Å². The zero-order valence-corrected chi connectivity index (χ0v) is 11.8. The Morgan fingerprint density at radius 1 is 1.32 bits per heavy atom. The van der Waals surface area contributed by atoms with Crippen molar-refractivity contribution in [3.63, 3.8) is 0 Å². The maximum absolute atomic E-state index is 5.78. The first-order valence-corrected chi connectivity index (χ1v) is 6.51. The molecule has 1 atom stereocenters. The second kappa shape index (κ2) is 5.89. The van der Waals surface area contributed by atoms with Crippen LogP contribution in [-0.2, 0) is 20.1 Å². The van der Waals surface area contributed by atoms with E-state index in [2.05, 4.69) is 17.2 Å². The first-order chi connectivity index (χ1) is 9.04. The summed E-state index contributed by atoms with van der Waals surface area (Å²) >= 11 is 0. The SMILES string of the molecule is Cc1cc(COc2ccc(CC(C)N)cc2)n(C)n1. The van der Waals surface area contributed by atoms with Crippen molar-refractivity contribution in [1.82, 2.24) is 9.78 Å². The molecule has 0 amide bonds. The van der Waals surface area contributed by atoms with E-state index < -0.39 is 0 Å². The molecule has 1 aromatic heterocycles. The average Bonchev–Trinajstić information content (AvgIpc) is 2.66. The lowest BCUT2D eigenvalue weighted by atomic mass is 10.1. The van der Waals surface area contributed by atoms with Crippen molar-refractivity contribution in [2.75, 3.05) is 0 Å². The summed E-state index contributed by atoms with van der Waals surface area (Å²) in [6.45, 7) is 4.52. The van der Waals surface area contributed by atoms with Gasteiger partial charge < -0.3 is 10.5 Å². The molecule has 1 heterocycles. The molecule has 0 aliphatic carbocycles. The fourth-order valence-corrected chi connectivity index (χ4v) is 2.05. The smallest absolute Gasteiger partial charge is 0.130 e. The van der Waals surface area contributed by atoms with Crippen molar-refractivity contribution in [3.05, 3.63) is 47.3 Å². The summed E-state index contributed by atoms with van der Waals surface area (Å²) in [5.41, 5.74) is 9.08. The standard InChI is InChI=1S/C15H21N3O/c1-11(16)8-13-4-6-15(7-5-13)19-10-14-9-12(2)17-18(14)3/h4-7,9,11H,8,10,16H2,1-3H3. The maximum atomic E-state index is 5.78. The summed E-state index contributed by atoms with van der Waals surface area (Å²) in [4.78, 5) is 0. The van der Waals surface area contributed by atoms with E-state index in [0.29, 0.717) is 6.61 Å². The van der Waals surface area contributed by atoms with E-state index in [1.165, 1.54) is 5.56 Å². The highest BCUT2D eigenvalue weighted by molar-refractivity contribution is 5.28. The van der Waals surface area contributed by atoms with Crippen LogP contribution in [0.25, 0.3) is 0 Å². The summed E-state index contributed by atoms with van der Waals surface area (Å²) in [6.07, 6.45) is 0.890. The van der Waals surface area contributed by atoms with Gasteiger partial charge in [0.25, 0.3) is 0 Å². The second-order valence-corrected chi connectivity index (χ2v) is 5.01. The van der Waals surface area contributed by atoms with Crippen LogP contribution < -0.4 is 10.5 Å². The molecular formula is C15H21N3O. The van der Waals surface area contributed by atoms with Gasteiger partial charge in [0.2, 0.25) is 0 Å². The Balaban J connectivity index is 1.94. The predicted molar refractivity (Wildman–Crippen MR) is 76.1 cm³/mol. The molecule has 2 aromatic rings. The summed E-state index contributed by atoms with van der Waals surface area (Å²) in [5, 5.41) is 4.29. The summed E-state index contributed by atoms with van der Waals surface area (Å²) in [5.74, 6) is 0.868. The number of hydrogen-bond acceptors (Lipinski definition) is 3. The van der Waals surface area contributed by atoms with Crippen molar-refractivity contribution in [1.29, 1.82) is 0 Å². The molecule has 0 spiro atoms. The number of benzene rings is 1. The number of aryl methyl sites for hydroxylation is 2. The van der Waals surface area contributed by atoms with Crippen LogP contribution in [0.15, 0.2) is 30.3 Å². The van der Waals surface area contributed by atoms with Crippen molar-refractivity contribution in [3.8, 4) is 5.75 Å². The molecule has 4 heteroatoms. The second-order valence-electron chi connectivity index (χ2n) is 5.01. The van der Waals surface area contributed by atoms with Crippen LogP contribution in [0.4, 0.5) is 0 Å². The predicted octanol–water partition coefficient (Wildman–Crippen LogP) is 2.20. The molecule has 0 aliphatic rings. The van der Waals surface area contributed by atoms with Gasteiger partial charge in [-0.3, -0.25) is 4.68 Å². The number of hydrogen-bond donors (Lipinski definition) is 1. The molecule has 2 N–H and O–H groups in total. The van der Waals surface area contributed by atoms with E-state index in [1.54, 1.807) is 0 Å². The van der Waals surface area contributed by atoms with Gasteiger partial charge in [-0.25, -0.2) is 0 Å². The topological polar surface area (TPSA) is 53.1 Å². The Bertz CT molecular complexity index is 529. The molecule has 0 saturated carbocycles. The van der Waals surface area contributed by atoms with Gasteiger partial charge in [0.1, 0.15) is 12.4 Å². The van der Waals surface area contributed by atoms with Gasteiger partial charge in [-0.05, 0) is 44.0 Å². The molecule has 19 heavy (non-hydrogen) atoms. The van der Waals surface area contributed by atoms with Gasteiger partial charge in [0.05, 0.1) is 11.4 Å². The highest BCUT2D eigenvalue weighted by Crippen LogP contribution is 2.15. The van der Waals surface area contributed by atoms with Gasteiger partial charge in [-0.1, -0.05) is 12.1 Å². The van der Waals surface area contributed by atoms with E-state index in [4.69, 9.17) is 10.5 Å². The molecule has 0 radical (unpaired) electrons. The molecule has 1 unspecified atom stereocenters. The van der Waals surface area contributed by atoms with Crippen LogP contribution in [0.1, 0.15) is 23.9 Å². The van der Waals surface area contributed by atoms with Crippen LogP contribution in [-0.4, -0.2) is 15.8 Å². The minimum absolute atomic E-state index is 0.184. The van der Waals surface area contributed by atoms with E-state index in [-0.39, 0.29) is 6.04 Å². The fraction of sp³-hybridized carbons (Fsp3) is 0.400. The van der Waals surface area contributed by atoms with Gasteiger partial charge in [0, 0.05) is 13.1 Å². The molecule has 4 nitrogen and oxygen atoms in total. The minimum Gasteiger partial charge on any atom is -0.487 e. The van der Waals surface area contributed by atoms with E-state index >= 15 is 0 Å². The molecule has 102 valence electrons. The van der Waals surface area contributed by atoms with Crippen molar-refractivity contribution in [2.45, 2.75) is 32.9 Å². The number of aromatic nitrogens is 2. The third-order valence-electron chi connectivity index (χ3n) is 2.97. The molecule has 0 fully saturated rings. The van der Waals surface area contributed by atoms with Gasteiger partial charge in [0.15, 0.2) is 0 Å². The van der Waals surface area contributed by atoms with E-state index in [9.17, 15) is 0 Å². The highest BCUT2D eigenvalue weighted by Gasteiger charge is 2.03. The van der Waals surface area contributed by atoms with E-state index in [0.717, 1.165) is 23.6 Å². The van der Waals surface area contributed by atoms with Crippen LogP contribution in [0.5, 0.6) is 5.75 Å². The third-order valence-corrected chi connectivity index (χ3v) is 2.97. The normalized spacial score (nSPS) is 12.4. The largest absolute Gasteiger partial charge is 0.487 e. The monoisotopic (exact) mass is 259 g/mol. The lowest BCUT2D eigenvalue weighted by Gasteiger charge is -2.08. The quantitative estimate of drug-likeness (QED) is 0.895. The third kappa shape index (κ3) is 3.83. The summed E-state index contributed by atoms with van der Waals surface area (Å²) in [6, 6.07) is 10.3. The maximum Gasteiger partial charge on any atom is 0.130 e. The molecule has 1 aromatic carbocycles. The van der Waals surface area contributed by atoms with Crippen molar-refractivity contribution >= 4 is 0 Å². The Hall–Kier alpha value is -1.81. The molecule has 0 saturated heterocycles. The van der Waals surface area contributed by atoms with E-state index in [1.807, 2.05) is 43.8 Å². The van der Waals surface area contributed by atoms with Gasteiger partial charge in [-0.2, -0.15) is 5.10 Å². The average molecular weight is 259 g/mol. The zero-order valence-electron chi connectivity index (χ0n) is 11.8. The van der Waals surface area contributed by atoms with Gasteiger partial charge in [-0.15, -0.1) is 0 Å². The highest BCUT2D eigenvalue weighted by atomic mass is 16.5. The van der Waals surface area contributed by atoms with Gasteiger partial charge >= 0.3 is 0 Å². The molecule has 2 rings (SSSR count). The Morgan fingerprint density at radius 3 is 2.53 bits per heavy atom. The fourth-order valence-electron chi connectivity index (χ4n) is 2.05.